The molecule has 1 amide bonds. The van der Waals surface area contributed by atoms with Crippen LogP contribution in [0.15, 0.2) is 0 Å². The number of aromatic nitrogens is 3. The van der Waals surface area contributed by atoms with Crippen molar-refractivity contribution in [1.29, 1.82) is 0 Å². The van der Waals surface area contributed by atoms with Crippen LogP contribution in [0, 0.1) is 6.92 Å². The van der Waals surface area contributed by atoms with Crippen molar-refractivity contribution < 1.29 is 4.79 Å². The van der Waals surface area contributed by atoms with E-state index in [9.17, 15) is 4.79 Å². The number of hydrogen-bond acceptors (Lipinski definition) is 3. The van der Waals surface area contributed by atoms with Gasteiger partial charge in [0.25, 0.3) is 0 Å². The van der Waals surface area contributed by atoms with Crippen LogP contribution in [0.2, 0.25) is 0 Å². The summed E-state index contributed by atoms with van der Waals surface area (Å²) >= 11 is 0. The van der Waals surface area contributed by atoms with E-state index in [0.717, 1.165) is 24.6 Å². The molecule has 70 valence electrons. The third kappa shape index (κ3) is 1.30. The Morgan fingerprint density at radius 2 is 2.46 bits per heavy atom. The minimum Gasteiger partial charge on any atom is -0.332 e. The minimum atomic E-state index is 0.0960. The van der Waals surface area contributed by atoms with E-state index in [-0.39, 0.29) is 11.9 Å². The molecule has 0 unspecified atom stereocenters. The molecule has 0 saturated carbocycles. The molecule has 1 aromatic rings. The summed E-state index contributed by atoms with van der Waals surface area (Å²) in [6.45, 7) is 4.26. The van der Waals surface area contributed by atoms with E-state index in [2.05, 4.69) is 15.2 Å². The van der Waals surface area contributed by atoms with Crippen LogP contribution >= 0.6 is 0 Å². The highest BCUT2D eigenvalue weighted by atomic mass is 16.2. The van der Waals surface area contributed by atoms with Crippen LogP contribution in [0.1, 0.15) is 31.0 Å². The Morgan fingerprint density at radius 1 is 1.69 bits per heavy atom. The Balaban J connectivity index is 2.14. The van der Waals surface area contributed by atoms with Gasteiger partial charge in [-0.2, -0.15) is 5.10 Å². The van der Waals surface area contributed by atoms with E-state index in [1.54, 1.807) is 11.8 Å². The Bertz CT molecular complexity index is 333. The topological polar surface area (TPSA) is 61.9 Å². The number of aryl methyl sites for hydroxylation is 1. The fourth-order valence-electron chi connectivity index (χ4n) is 1.54. The molecule has 1 saturated heterocycles. The van der Waals surface area contributed by atoms with Gasteiger partial charge in [-0.1, -0.05) is 0 Å². The highest BCUT2D eigenvalue weighted by Gasteiger charge is 2.33. The second-order valence-corrected chi connectivity index (χ2v) is 3.30. The van der Waals surface area contributed by atoms with Gasteiger partial charge in [-0.15, -0.1) is 0 Å². The van der Waals surface area contributed by atoms with Gasteiger partial charge in [0.15, 0.2) is 5.82 Å². The minimum absolute atomic E-state index is 0.0960. The molecule has 2 heterocycles. The van der Waals surface area contributed by atoms with Crippen molar-refractivity contribution in [3.8, 4) is 0 Å². The number of rotatable bonds is 1. The molecule has 13 heavy (non-hydrogen) atoms. The van der Waals surface area contributed by atoms with Crippen LogP contribution in [0.25, 0.3) is 0 Å². The van der Waals surface area contributed by atoms with Gasteiger partial charge in [0.05, 0.1) is 6.04 Å². The smallest absolute Gasteiger partial charge is 0.220 e. The van der Waals surface area contributed by atoms with Gasteiger partial charge in [0, 0.05) is 13.5 Å². The molecular formula is C8H12N4O. The largest absolute Gasteiger partial charge is 0.332 e. The zero-order chi connectivity index (χ0) is 9.42. The van der Waals surface area contributed by atoms with Crippen molar-refractivity contribution in [2.24, 2.45) is 0 Å². The van der Waals surface area contributed by atoms with Crippen molar-refractivity contribution in [1.82, 2.24) is 20.1 Å². The number of nitrogens with zero attached hydrogens (tertiary/aromatic N) is 3. The molecule has 0 aromatic carbocycles. The number of likely N-dealkylation sites (tertiary alicyclic amines) is 1. The summed E-state index contributed by atoms with van der Waals surface area (Å²) in [6, 6.07) is 0.0995. The summed E-state index contributed by atoms with van der Waals surface area (Å²) in [4.78, 5) is 17.1. The third-order valence-electron chi connectivity index (χ3n) is 2.34. The monoisotopic (exact) mass is 180 g/mol. The average molecular weight is 180 g/mol. The molecule has 1 aromatic heterocycles. The molecule has 1 fully saturated rings. The van der Waals surface area contributed by atoms with Crippen molar-refractivity contribution in [3.63, 3.8) is 0 Å². The van der Waals surface area contributed by atoms with Crippen LogP contribution in [-0.4, -0.2) is 32.5 Å². The van der Waals surface area contributed by atoms with Crippen LogP contribution in [-0.2, 0) is 4.79 Å². The maximum atomic E-state index is 11.1. The highest BCUT2D eigenvalue weighted by molar-refractivity contribution is 5.74. The van der Waals surface area contributed by atoms with E-state index in [4.69, 9.17) is 0 Å². The zero-order valence-electron chi connectivity index (χ0n) is 7.74. The molecule has 1 N–H and O–H groups in total. The van der Waals surface area contributed by atoms with Gasteiger partial charge in [0.1, 0.15) is 5.82 Å². The van der Waals surface area contributed by atoms with E-state index in [0.29, 0.717) is 0 Å². The summed E-state index contributed by atoms with van der Waals surface area (Å²) in [5, 5.41) is 6.82. The van der Waals surface area contributed by atoms with Gasteiger partial charge in [-0.3, -0.25) is 9.89 Å². The lowest BCUT2D eigenvalue weighted by Crippen LogP contribution is -2.44. The molecule has 2 rings (SSSR count). The van der Waals surface area contributed by atoms with Gasteiger partial charge in [0.2, 0.25) is 5.91 Å². The second-order valence-electron chi connectivity index (χ2n) is 3.30. The molecule has 0 radical (unpaired) electrons. The van der Waals surface area contributed by atoms with Gasteiger partial charge in [-0.25, -0.2) is 4.98 Å². The van der Waals surface area contributed by atoms with Crippen molar-refractivity contribution in [2.45, 2.75) is 26.3 Å². The van der Waals surface area contributed by atoms with E-state index >= 15 is 0 Å². The fraction of sp³-hybridized carbons (Fsp3) is 0.625. The number of carbonyl (C=O) groups is 1. The number of carbonyl (C=O) groups excluding carboxylic acids is 1. The van der Waals surface area contributed by atoms with E-state index < -0.39 is 0 Å². The maximum absolute atomic E-state index is 11.1. The standard InChI is InChI=1S/C8H12N4O/c1-5-9-8(11-10-5)7-3-4-12(7)6(2)13/h7H,3-4H2,1-2H3,(H,9,10,11)/t7-/m0/s1. The first-order chi connectivity index (χ1) is 6.18. The SMILES string of the molecule is CC(=O)N1CC[C@H]1c1n[nH]c(C)n1. The summed E-state index contributed by atoms with van der Waals surface area (Å²) in [6.07, 6.45) is 0.969. The summed E-state index contributed by atoms with van der Waals surface area (Å²) in [5.41, 5.74) is 0. The molecule has 1 aliphatic rings. The summed E-state index contributed by atoms with van der Waals surface area (Å²) < 4.78 is 0. The molecule has 1 aliphatic heterocycles. The number of hydrogen-bond donors (Lipinski definition) is 1. The first-order valence-electron chi connectivity index (χ1n) is 4.34. The maximum Gasteiger partial charge on any atom is 0.220 e. The molecule has 5 heteroatoms. The molecule has 1 atom stereocenters. The van der Waals surface area contributed by atoms with E-state index in [1.165, 1.54) is 0 Å². The molecule has 0 spiro atoms. The van der Waals surface area contributed by atoms with Crippen molar-refractivity contribution >= 4 is 5.91 Å². The average Bonchev–Trinajstić information content (AvgIpc) is 2.32. The molecular weight excluding hydrogens is 168 g/mol. The molecule has 5 nitrogen and oxygen atoms in total. The Kier molecular flexibility index (Phi) is 1.79. The van der Waals surface area contributed by atoms with Gasteiger partial charge >= 0.3 is 0 Å². The highest BCUT2D eigenvalue weighted by Crippen LogP contribution is 2.30. The number of aromatic amines is 1. The number of nitrogens with one attached hydrogen (secondary N) is 1. The Labute approximate surface area is 76.2 Å². The van der Waals surface area contributed by atoms with Crippen LogP contribution in [0.4, 0.5) is 0 Å². The quantitative estimate of drug-likeness (QED) is 0.680. The lowest BCUT2D eigenvalue weighted by Gasteiger charge is -2.38. The Morgan fingerprint density at radius 3 is 2.85 bits per heavy atom. The Hall–Kier alpha value is -1.39. The van der Waals surface area contributed by atoms with Crippen molar-refractivity contribution in [2.75, 3.05) is 6.54 Å². The summed E-state index contributed by atoms with van der Waals surface area (Å²) in [7, 11) is 0. The normalized spacial score (nSPS) is 21.4. The first kappa shape index (κ1) is 8.22. The zero-order valence-corrected chi connectivity index (χ0v) is 7.74. The lowest BCUT2D eigenvalue weighted by molar-refractivity contribution is -0.136. The second kappa shape index (κ2) is 2.83. The fourth-order valence-corrected chi connectivity index (χ4v) is 1.54. The van der Waals surface area contributed by atoms with Crippen LogP contribution in [0.5, 0.6) is 0 Å². The predicted octanol–water partition coefficient (Wildman–Crippen LogP) is 0.406. The predicted molar refractivity (Wildman–Crippen MR) is 45.9 cm³/mol. The van der Waals surface area contributed by atoms with Crippen LogP contribution < -0.4 is 0 Å². The molecule has 0 bridgehead atoms. The van der Waals surface area contributed by atoms with Crippen molar-refractivity contribution in [3.05, 3.63) is 11.6 Å². The number of amides is 1. The molecule has 0 aliphatic carbocycles. The van der Waals surface area contributed by atoms with E-state index in [1.807, 2.05) is 6.92 Å². The lowest BCUT2D eigenvalue weighted by atomic mass is 10.0. The van der Waals surface area contributed by atoms with Crippen LogP contribution in [0.3, 0.4) is 0 Å². The number of H-pyrrole nitrogens is 1. The third-order valence-corrected chi connectivity index (χ3v) is 2.34. The first-order valence-corrected chi connectivity index (χ1v) is 4.34. The van der Waals surface area contributed by atoms with Gasteiger partial charge < -0.3 is 4.90 Å². The summed E-state index contributed by atoms with van der Waals surface area (Å²) in [5.74, 6) is 1.63. The van der Waals surface area contributed by atoms with Gasteiger partial charge in [-0.05, 0) is 13.3 Å².